The van der Waals surface area contributed by atoms with Gasteiger partial charge < -0.3 is 15.2 Å². The Morgan fingerprint density at radius 2 is 1.92 bits per heavy atom. The number of rotatable bonds is 9. The van der Waals surface area contributed by atoms with E-state index in [9.17, 15) is 8.42 Å². The number of sulfonamides is 1. The van der Waals surface area contributed by atoms with E-state index in [2.05, 4.69) is 36.0 Å². The minimum absolute atomic E-state index is 0.0856. The number of fused-ring (bicyclic) bond motifs is 1. The molecule has 144 valence electrons. The number of nitrogens with one attached hydrogen (secondary N) is 3. The van der Waals surface area contributed by atoms with Crippen LogP contribution in [0.2, 0.25) is 0 Å². The fourth-order valence-electron chi connectivity index (χ4n) is 2.63. The van der Waals surface area contributed by atoms with Crippen molar-refractivity contribution in [3.05, 3.63) is 30.1 Å². The van der Waals surface area contributed by atoms with Gasteiger partial charge in [0, 0.05) is 33.2 Å². The summed E-state index contributed by atoms with van der Waals surface area (Å²) in [6, 6.07) is 8.13. The number of guanidine groups is 1. The van der Waals surface area contributed by atoms with Crippen LogP contribution in [0, 0.1) is 6.92 Å². The summed E-state index contributed by atoms with van der Waals surface area (Å²) in [6.45, 7) is 6.06. The van der Waals surface area contributed by atoms with E-state index < -0.39 is 10.0 Å². The quantitative estimate of drug-likeness (QED) is 0.340. The first kappa shape index (κ1) is 20.2. The summed E-state index contributed by atoms with van der Waals surface area (Å²) in [7, 11) is -1.46. The van der Waals surface area contributed by atoms with Crippen molar-refractivity contribution in [1.82, 2.24) is 24.9 Å². The van der Waals surface area contributed by atoms with Gasteiger partial charge in [0.1, 0.15) is 5.82 Å². The van der Waals surface area contributed by atoms with E-state index in [0.29, 0.717) is 19.0 Å². The molecule has 0 radical (unpaired) electrons. The van der Waals surface area contributed by atoms with Crippen LogP contribution in [0.5, 0.6) is 0 Å². The number of hydrogen-bond acceptors (Lipinski definition) is 4. The molecule has 0 unspecified atom stereocenters. The normalized spacial score (nSPS) is 12.5. The van der Waals surface area contributed by atoms with E-state index in [1.807, 2.05) is 25.1 Å². The van der Waals surface area contributed by atoms with Crippen molar-refractivity contribution in [2.24, 2.45) is 4.99 Å². The molecule has 0 bridgehead atoms. The smallest absolute Gasteiger partial charge is 0.211 e. The molecular formula is C17H28N6O2S. The van der Waals surface area contributed by atoms with Crippen molar-refractivity contribution in [3.8, 4) is 0 Å². The van der Waals surface area contributed by atoms with Crippen molar-refractivity contribution in [1.29, 1.82) is 0 Å². The molecule has 3 N–H and O–H groups in total. The highest BCUT2D eigenvalue weighted by molar-refractivity contribution is 7.89. The number of aryl methyl sites for hydroxylation is 2. The topological polar surface area (TPSA) is 100 Å². The van der Waals surface area contributed by atoms with Gasteiger partial charge in [0.25, 0.3) is 0 Å². The number of imidazole rings is 1. The Bertz CT molecular complexity index is 844. The van der Waals surface area contributed by atoms with Crippen LogP contribution in [-0.2, 0) is 16.6 Å². The number of aromatic nitrogens is 2. The van der Waals surface area contributed by atoms with Crippen LogP contribution in [0.25, 0.3) is 11.0 Å². The minimum atomic E-state index is -3.15. The predicted molar refractivity (Wildman–Crippen MR) is 106 cm³/mol. The standard InChI is InChI=1S/C17H28N6O2S/c1-4-26(24,25)21-12-11-20-17(18-3)19-10-7-13-23-14(2)22-15-8-5-6-9-16(15)23/h5-6,8-9,21H,4,7,10-13H2,1-3H3,(H2,18,19,20). The molecule has 1 heterocycles. The number of para-hydroxylation sites is 2. The van der Waals surface area contributed by atoms with Gasteiger partial charge in [-0.25, -0.2) is 18.1 Å². The summed E-state index contributed by atoms with van der Waals surface area (Å²) < 4.78 is 27.5. The van der Waals surface area contributed by atoms with E-state index in [-0.39, 0.29) is 5.75 Å². The average Bonchev–Trinajstić information content (AvgIpc) is 2.95. The summed E-state index contributed by atoms with van der Waals surface area (Å²) in [5.41, 5.74) is 2.17. The zero-order valence-electron chi connectivity index (χ0n) is 15.6. The number of hydrogen-bond donors (Lipinski definition) is 3. The van der Waals surface area contributed by atoms with E-state index in [1.54, 1.807) is 14.0 Å². The van der Waals surface area contributed by atoms with Gasteiger partial charge >= 0.3 is 0 Å². The van der Waals surface area contributed by atoms with Gasteiger partial charge in [0.2, 0.25) is 10.0 Å². The Balaban J connectivity index is 1.73. The fraction of sp³-hybridized carbons (Fsp3) is 0.529. The van der Waals surface area contributed by atoms with Crippen LogP contribution >= 0.6 is 0 Å². The maximum absolute atomic E-state index is 11.4. The van der Waals surface area contributed by atoms with Gasteiger partial charge in [0.15, 0.2) is 5.96 Å². The van der Waals surface area contributed by atoms with Gasteiger partial charge in [0.05, 0.1) is 16.8 Å². The SMILES string of the molecule is CCS(=O)(=O)NCCNC(=NC)NCCCn1c(C)nc2ccccc21. The number of nitrogens with zero attached hydrogens (tertiary/aromatic N) is 3. The molecule has 1 aromatic heterocycles. The first-order chi connectivity index (χ1) is 12.5. The Kier molecular flexibility index (Phi) is 7.40. The molecule has 0 fully saturated rings. The molecule has 0 aliphatic carbocycles. The Morgan fingerprint density at radius 3 is 2.65 bits per heavy atom. The third-order valence-electron chi connectivity index (χ3n) is 4.04. The molecule has 26 heavy (non-hydrogen) atoms. The molecular weight excluding hydrogens is 352 g/mol. The van der Waals surface area contributed by atoms with Crippen molar-refractivity contribution in [2.75, 3.05) is 32.4 Å². The molecule has 2 rings (SSSR count). The zero-order chi connectivity index (χ0) is 19.0. The second kappa shape index (κ2) is 9.54. The summed E-state index contributed by atoms with van der Waals surface area (Å²) in [4.78, 5) is 8.71. The van der Waals surface area contributed by atoms with E-state index in [4.69, 9.17) is 0 Å². The van der Waals surface area contributed by atoms with E-state index in [1.165, 1.54) is 0 Å². The Labute approximate surface area is 155 Å². The van der Waals surface area contributed by atoms with Crippen molar-refractivity contribution in [3.63, 3.8) is 0 Å². The van der Waals surface area contributed by atoms with Crippen molar-refractivity contribution < 1.29 is 8.42 Å². The lowest BCUT2D eigenvalue weighted by Gasteiger charge is -2.13. The molecule has 0 saturated carbocycles. The lowest BCUT2D eigenvalue weighted by Crippen LogP contribution is -2.42. The summed E-state index contributed by atoms with van der Waals surface area (Å²) in [5, 5.41) is 6.33. The highest BCUT2D eigenvalue weighted by Crippen LogP contribution is 2.15. The van der Waals surface area contributed by atoms with Crippen LogP contribution in [0.4, 0.5) is 0 Å². The second-order valence-corrected chi connectivity index (χ2v) is 7.97. The Hall–Kier alpha value is -2.13. The predicted octanol–water partition coefficient (Wildman–Crippen LogP) is 0.839. The van der Waals surface area contributed by atoms with Crippen molar-refractivity contribution >= 4 is 27.0 Å². The summed E-state index contributed by atoms with van der Waals surface area (Å²) in [6.07, 6.45) is 0.921. The maximum atomic E-state index is 11.4. The summed E-state index contributed by atoms with van der Waals surface area (Å²) >= 11 is 0. The molecule has 0 atom stereocenters. The van der Waals surface area contributed by atoms with Gasteiger partial charge in [-0.05, 0) is 32.4 Å². The third kappa shape index (κ3) is 5.70. The lowest BCUT2D eigenvalue weighted by molar-refractivity contribution is 0.581. The second-order valence-electron chi connectivity index (χ2n) is 5.88. The van der Waals surface area contributed by atoms with E-state index >= 15 is 0 Å². The average molecular weight is 381 g/mol. The van der Waals surface area contributed by atoms with Gasteiger partial charge in [-0.1, -0.05) is 12.1 Å². The molecule has 0 amide bonds. The molecule has 2 aromatic rings. The van der Waals surface area contributed by atoms with Crippen LogP contribution in [-0.4, -0.2) is 56.4 Å². The lowest BCUT2D eigenvalue weighted by atomic mass is 10.3. The van der Waals surface area contributed by atoms with Gasteiger partial charge in [-0.15, -0.1) is 0 Å². The van der Waals surface area contributed by atoms with Crippen LogP contribution in [0.15, 0.2) is 29.3 Å². The molecule has 0 aliphatic rings. The molecule has 8 nitrogen and oxygen atoms in total. The molecule has 1 aromatic carbocycles. The van der Waals surface area contributed by atoms with Crippen LogP contribution in [0.3, 0.4) is 0 Å². The van der Waals surface area contributed by atoms with Gasteiger partial charge in [-0.2, -0.15) is 0 Å². The molecule has 0 aliphatic heterocycles. The van der Waals surface area contributed by atoms with Crippen LogP contribution in [0.1, 0.15) is 19.2 Å². The van der Waals surface area contributed by atoms with Crippen molar-refractivity contribution in [2.45, 2.75) is 26.8 Å². The summed E-state index contributed by atoms with van der Waals surface area (Å²) in [5.74, 6) is 1.76. The Morgan fingerprint density at radius 1 is 1.19 bits per heavy atom. The number of aliphatic imine (C=N–C) groups is 1. The van der Waals surface area contributed by atoms with Gasteiger partial charge in [-0.3, -0.25) is 4.99 Å². The number of benzene rings is 1. The first-order valence-corrected chi connectivity index (χ1v) is 10.5. The minimum Gasteiger partial charge on any atom is -0.356 e. The highest BCUT2D eigenvalue weighted by atomic mass is 32.2. The molecule has 0 saturated heterocycles. The fourth-order valence-corrected chi connectivity index (χ4v) is 3.25. The zero-order valence-corrected chi connectivity index (χ0v) is 16.4. The highest BCUT2D eigenvalue weighted by Gasteiger charge is 2.07. The largest absolute Gasteiger partial charge is 0.356 e. The maximum Gasteiger partial charge on any atom is 0.211 e. The van der Waals surface area contributed by atoms with E-state index in [0.717, 1.165) is 36.4 Å². The first-order valence-electron chi connectivity index (χ1n) is 8.80. The molecule has 0 spiro atoms. The van der Waals surface area contributed by atoms with Crippen LogP contribution < -0.4 is 15.4 Å². The monoisotopic (exact) mass is 380 g/mol. The third-order valence-corrected chi connectivity index (χ3v) is 5.44. The molecule has 9 heteroatoms.